The van der Waals surface area contributed by atoms with Gasteiger partial charge in [0.25, 0.3) is 5.91 Å². The van der Waals surface area contributed by atoms with E-state index in [1.807, 2.05) is 43.3 Å². The van der Waals surface area contributed by atoms with Crippen molar-refractivity contribution < 1.29 is 9.90 Å². The van der Waals surface area contributed by atoms with Crippen LogP contribution >= 0.6 is 11.3 Å². The van der Waals surface area contributed by atoms with Crippen LogP contribution in [0.25, 0.3) is 10.1 Å². The van der Waals surface area contributed by atoms with Crippen LogP contribution in [-0.4, -0.2) is 43.7 Å². The van der Waals surface area contributed by atoms with E-state index in [9.17, 15) is 9.90 Å². The third-order valence-electron chi connectivity index (χ3n) is 4.66. The van der Waals surface area contributed by atoms with E-state index < -0.39 is 6.10 Å². The van der Waals surface area contributed by atoms with Crippen molar-refractivity contribution in [1.29, 1.82) is 0 Å². The number of hydrogen-bond acceptors (Lipinski definition) is 4. The van der Waals surface area contributed by atoms with Crippen LogP contribution in [0.4, 0.5) is 0 Å². The summed E-state index contributed by atoms with van der Waals surface area (Å²) < 4.78 is 1.17. The quantitative estimate of drug-likeness (QED) is 0.331. The van der Waals surface area contributed by atoms with Crippen molar-refractivity contribution in [2.75, 3.05) is 26.7 Å². The van der Waals surface area contributed by atoms with E-state index in [1.54, 1.807) is 24.5 Å². The van der Waals surface area contributed by atoms with Crippen LogP contribution in [0, 0.1) is 0 Å². The van der Waals surface area contributed by atoms with Crippen molar-refractivity contribution in [2.24, 2.45) is 4.99 Å². The predicted molar refractivity (Wildman–Crippen MR) is 124 cm³/mol. The highest BCUT2D eigenvalue weighted by Gasteiger charge is 2.11. The maximum absolute atomic E-state index is 11.8. The number of hydrogen-bond donors (Lipinski definition) is 4. The molecular weight excluding hydrogens is 396 g/mol. The van der Waals surface area contributed by atoms with Gasteiger partial charge in [-0.2, -0.15) is 0 Å². The Labute approximate surface area is 181 Å². The number of aliphatic hydroxyl groups excluding tert-OH is 1. The third-order valence-corrected chi connectivity index (χ3v) is 5.88. The van der Waals surface area contributed by atoms with Crippen LogP contribution in [0.5, 0.6) is 0 Å². The predicted octanol–water partition coefficient (Wildman–Crippen LogP) is 3.09. The van der Waals surface area contributed by atoms with Gasteiger partial charge in [-0.1, -0.05) is 30.3 Å². The fourth-order valence-corrected chi connectivity index (χ4v) is 4.16. The molecule has 0 bridgehead atoms. The molecule has 0 aliphatic heterocycles. The summed E-state index contributed by atoms with van der Waals surface area (Å²) in [4.78, 5) is 17.2. The molecule has 3 rings (SSSR count). The molecule has 1 amide bonds. The molecule has 7 heteroatoms. The van der Waals surface area contributed by atoms with Gasteiger partial charge in [-0.15, -0.1) is 11.3 Å². The average molecular weight is 425 g/mol. The van der Waals surface area contributed by atoms with Crippen LogP contribution in [0.15, 0.2) is 59.6 Å². The van der Waals surface area contributed by atoms with Crippen LogP contribution in [0.2, 0.25) is 0 Å². The minimum Gasteiger partial charge on any atom is -0.386 e. The van der Waals surface area contributed by atoms with E-state index in [0.717, 1.165) is 28.8 Å². The highest BCUT2D eigenvalue weighted by Crippen LogP contribution is 2.29. The Morgan fingerprint density at radius 1 is 1.13 bits per heavy atom. The van der Waals surface area contributed by atoms with Crippen molar-refractivity contribution in [2.45, 2.75) is 19.4 Å². The van der Waals surface area contributed by atoms with Gasteiger partial charge in [-0.3, -0.25) is 9.79 Å². The molecule has 4 N–H and O–H groups in total. The molecule has 0 aliphatic rings. The van der Waals surface area contributed by atoms with E-state index in [0.29, 0.717) is 18.1 Å². The third kappa shape index (κ3) is 5.81. The minimum absolute atomic E-state index is 0.0880. The maximum atomic E-state index is 11.8. The van der Waals surface area contributed by atoms with Crippen molar-refractivity contribution in [3.8, 4) is 0 Å². The summed E-state index contributed by atoms with van der Waals surface area (Å²) in [7, 11) is 1.63. The molecule has 3 aromatic rings. The van der Waals surface area contributed by atoms with Gasteiger partial charge in [0.05, 0.1) is 6.54 Å². The second-order valence-electron chi connectivity index (χ2n) is 6.88. The molecule has 1 unspecified atom stereocenters. The second-order valence-corrected chi connectivity index (χ2v) is 7.99. The summed E-state index contributed by atoms with van der Waals surface area (Å²) >= 11 is 1.60. The Hall–Kier alpha value is -2.90. The standard InChI is InChI=1S/C23H28N4O2S/c1-3-25-23(26-12-11-16-7-6-9-18(13-16)22(29)24-2)27-15-19(28)21-14-17-8-4-5-10-20(17)30-21/h4-10,13-14,19,28H,3,11-12,15H2,1-2H3,(H,24,29)(H2,25,26,27). The lowest BCUT2D eigenvalue weighted by Gasteiger charge is -2.13. The molecule has 1 aromatic heterocycles. The first-order valence-electron chi connectivity index (χ1n) is 10.1. The van der Waals surface area contributed by atoms with Gasteiger partial charge in [0.15, 0.2) is 5.96 Å². The number of thiophene rings is 1. The summed E-state index contributed by atoms with van der Waals surface area (Å²) in [5, 5.41) is 20.8. The number of guanidine groups is 1. The topological polar surface area (TPSA) is 85.8 Å². The highest BCUT2D eigenvalue weighted by molar-refractivity contribution is 7.19. The van der Waals surface area contributed by atoms with Crippen molar-refractivity contribution in [1.82, 2.24) is 16.0 Å². The Kier molecular flexibility index (Phi) is 7.82. The zero-order valence-electron chi connectivity index (χ0n) is 17.3. The number of carbonyl (C=O) groups is 1. The summed E-state index contributed by atoms with van der Waals surface area (Å²) in [6, 6.07) is 17.7. The van der Waals surface area contributed by atoms with Gasteiger partial charge in [-0.05, 0) is 48.6 Å². The lowest BCUT2D eigenvalue weighted by Crippen LogP contribution is -2.38. The Morgan fingerprint density at radius 3 is 2.73 bits per heavy atom. The van der Waals surface area contributed by atoms with Gasteiger partial charge < -0.3 is 21.1 Å². The van der Waals surface area contributed by atoms with E-state index in [2.05, 4.69) is 33.1 Å². The fraction of sp³-hybridized carbons (Fsp3) is 0.304. The van der Waals surface area contributed by atoms with Gasteiger partial charge in [0.1, 0.15) is 6.10 Å². The molecule has 0 saturated heterocycles. The first-order valence-corrected chi connectivity index (χ1v) is 10.9. The molecule has 0 aliphatic carbocycles. The number of nitrogens with zero attached hydrogens (tertiary/aromatic N) is 1. The summed E-state index contributed by atoms with van der Waals surface area (Å²) in [6.45, 7) is 3.69. The number of fused-ring (bicyclic) bond motifs is 1. The monoisotopic (exact) mass is 424 g/mol. The maximum Gasteiger partial charge on any atom is 0.251 e. The molecule has 1 atom stereocenters. The number of benzene rings is 2. The lowest BCUT2D eigenvalue weighted by atomic mass is 10.1. The molecule has 0 fully saturated rings. The van der Waals surface area contributed by atoms with Crippen molar-refractivity contribution in [3.05, 3.63) is 70.6 Å². The van der Waals surface area contributed by atoms with Gasteiger partial charge in [-0.25, -0.2) is 0 Å². The molecule has 0 radical (unpaired) electrons. The first kappa shape index (κ1) is 21.8. The van der Waals surface area contributed by atoms with Crippen LogP contribution < -0.4 is 16.0 Å². The van der Waals surface area contributed by atoms with Gasteiger partial charge in [0, 0.05) is 35.3 Å². The van der Waals surface area contributed by atoms with Crippen LogP contribution in [0.1, 0.15) is 33.8 Å². The molecule has 1 heterocycles. The largest absolute Gasteiger partial charge is 0.386 e. The smallest absolute Gasteiger partial charge is 0.251 e. The zero-order chi connectivity index (χ0) is 21.3. The molecule has 158 valence electrons. The molecule has 30 heavy (non-hydrogen) atoms. The molecule has 2 aromatic carbocycles. The van der Waals surface area contributed by atoms with Crippen LogP contribution in [0.3, 0.4) is 0 Å². The summed E-state index contributed by atoms with van der Waals surface area (Å²) in [5.74, 6) is 0.579. The normalized spacial score (nSPS) is 12.6. The highest BCUT2D eigenvalue weighted by atomic mass is 32.1. The van der Waals surface area contributed by atoms with Crippen molar-refractivity contribution >= 4 is 33.3 Å². The van der Waals surface area contributed by atoms with Gasteiger partial charge in [0.2, 0.25) is 0 Å². The molecular formula is C23H28N4O2S. The number of aliphatic hydroxyl groups is 1. The molecule has 6 nitrogen and oxygen atoms in total. The SMILES string of the molecule is CCNC(=NCC(O)c1cc2ccccc2s1)NCCc1cccc(C(=O)NC)c1. The average Bonchev–Trinajstić information content (AvgIpc) is 3.21. The Bertz CT molecular complexity index is 982. The summed E-state index contributed by atoms with van der Waals surface area (Å²) in [6.07, 6.45) is 0.121. The minimum atomic E-state index is -0.637. The first-order chi connectivity index (χ1) is 14.6. The van der Waals surface area contributed by atoms with E-state index in [4.69, 9.17) is 0 Å². The fourth-order valence-electron chi connectivity index (χ4n) is 3.11. The Balaban J connectivity index is 1.57. The molecule has 0 saturated carbocycles. The van der Waals surface area contributed by atoms with E-state index in [-0.39, 0.29) is 12.5 Å². The van der Waals surface area contributed by atoms with Crippen molar-refractivity contribution in [3.63, 3.8) is 0 Å². The number of amides is 1. The number of aliphatic imine (C=N–C) groups is 1. The van der Waals surface area contributed by atoms with Crippen LogP contribution in [-0.2, 0) is 6.42 Å². The Morgan fingerprint density at radius 2 is 1.97 bits per heavy atom. The summed E-state index contributed by atoms with van der Waals surface area (Å²) in [5.41, 5.74) is 1.73. The second kappa shape index (κ2) is 10.8. The lowest BCUT2D eigenvalue weighted by molar-refractivity contribution is 0.0963. The molecule has 0 spiro atoms. The van der Waals surface area contributed by atoms with E-state index >= 15 is 0 Å². The number of rotatable bonds is 8. The van der Waals surface area contributed by atoms with Gasteiger partial charge >= 0.3 is 0 Å². The zero-order valence-corrected chi connectivity index (χ0v) is 18.1. The number of nitrogens with one attached hydrogen (secondary N) is 3. The number of carbonyl (C=O) groups excluding carboxylic acids is 1. The van der Waals surface area contributed by atoms with E-state index in [1.165, 1.54) is 4.70 Å².